The van der Waals surface area contributed by atoms with E-state index in [1.165, 1.54) is 6.92 Å². The summed E-state index contributed by atoms with van der Waals surface area (Å²) in [5.41, 5.74) is 2.37. The number of rotatable bonds is 3. The van der Waals surface area contributed by atoms with Crippen molar-refractivity contribution in [3.63, 3.8) is 0 Å². The lowest BCUT2D eigenvalue weighted by Gasteiger charge is -2.27. The van der Waals surface area contributed by atoms with Gasteiger partial charge < -0.3 is 16.0 Å². The Balaban J connectivity index is 2.08. The lowest BCUT2D eigenvalue weighted by atomic mass is 9.92. The average molecular weight is 289 g/mol. The fourth-order valence-corrected chi connectivity index (χ4v) is 2.70. The van der Waals surface area contributed by atoms with E-state index in [0.29, 0.717) is 6.04 Å². The van der Waals surface area contributed by atoms with E-state index in [2.05, 4.69) is 22.9 Å². The van der Waals surface area contributed by atoms with E-state index in [-0.39, 0.29) is 17.7 Å². The molecule has 5 heteroatoms. The largest absolute Gasteiger partial charge is 0.326 e. The standard InChI is InChI=1S/C16H23N3O2/c1-10-9-13(7-8-17-10)16(21)19-15-6-4-5-14(11(15)2)18-12(3)20/h4-6,10,13,17H,7-9H2,1-3H3,(H,18,20)(H,19,21)/t10-,13-/m0/s1. The van der Waals surface area contributed by atoms with Crippen LogP contribution in [0.2, 0.25) is 0 Å². The van der Waals surface area contributed by atoms with Crippen LogP contribution in [0.15, 0.2) is 18.2 Å². The molecule has 0 saturated carbocycles. The van der Waals surface area contributed by atoms with Crippen molar-refractivity contribution in [2.45, 2.75) is 39.7 Å². The van der Waals surface area contributed by atoms with Gasteiger partial charge in [0, 0.05) is 30.3 Å². The molecule has 5 nitrogen and oxygen atoms in total. The summed E-state index contributed by atoms with van der Waals surface area (Å²) in [4.78, 5) is 23.5. The molecule has 2 rings (SSSR count). The normalized spacial score (nSPS) is 21.7. The monoisotopic (exact) mass is 289 g/mol. The average Bonchev–Trinajstić information content (AvgIpc) is 2.42. The zero-order chi connectivity index (χ0) is 15.4. The Bertz CT molecular complexity index is 542. The van der Waals surface area contributed by atoms with Crippen molar-refractivity contribution < 1.29 is 9.59 Å². The zero-order valence-electron chi connectivity index (χ0n) is 12.8. The summed E-state index contributed by atoms with van der Waals surface area (Å²) in [5.74, 6) is -0.00902. The van der Waals surface area contributed by atoms with Crippen molar-refractivity contribution in [2.24, 2.45) is 5.92 Å². The molecule has 3 N–H and O–H groups in total. The van der Waals surface area contributed by atoms with Gasteiger partial charge in [-0.05, 0) is 50.9 Å². The highest BCUT2D eigenvalue weighted by molar-refractivity contribution is 5.96. The summed E-state index contributed by atoms with van der Waals surface area (Å²) in [7, 11) is 0. The maximum atomic E-state index is 12.4. The van der Waals surface area contributed by atoms with Crippen LogP contribution in [-0.2, 0) is 9.59 Å². The molecular formula is C16H23N3O2. The van der Waals surface area contributed by atoms with Gasteiger partial charge in [-0.15, -0.1) is 0 Å². The van der Waals surface area contributed by atoms with Crippen LogP contribution < -0.4 is 16.0 Å². The maximum absolute atomic E-state index is 12.4. The molecule has 1 aromatic rings. The van der Waals surface area contributed by atoms with Crippen molar-refractivity contribution in [3.8, 4) is 0 Å². The topological polar surface area (TPSA) is 70.2 Å². The minimum Gasteiger partial charge on any atom is -0.326 e. The molecule has 1 aromatic carbocycles. The molecule has 2 amide bonds. The van der Waals surface area contributed by atoms with E-state index in [4.69, 9.17) is 0 Å². The Morgan fingerprint density at radius 1 is 1.24 bits per heavy atom. The van der Waals surface area contributed by atoms with Gasteiger partial charge in [0.25, 0.3) is 0 Å². The molecule has 1 aliphatic rings. The first-order valence-electron chi connectivity index (χ1n) is 7.39. The van der Waals surface area contributed by atoms with Gasteiger partial charge in [0.05, 0.1) is 0 Å². The van der Waals surface area contributed by atoms with Gasteiger partial charge in [0.15, 0.2) is 0 Å². The molecule has 2 atom stereocenters. The van der Waals surface area contributed by atoms with Crippen molar-refractivity contribution >= 4 is 23.2 Å². The van der Waals surface area contributed by atoms with Gasteiger partial charge >= 0.3 is 0 Å². The summed E-state index contributed by atoms with van der Waals surface area (Å²) in [5, 5.41) is 9.11. The van der Waals surface area contributed by atoms with Crippen LogP contribution in [0.4, 0.5) is 11.4 Å². The van der Waals surface area contributed by atoms with Crippen LogP contribution in [0, 0.1) is 12.8 Å². The van der Waals surface area contributed by atoms with E-state index >= 15 is 0 Å². The molecule has 0 unspecified atom stereocenters. The van der Waals surface area contributed by atoms with Gasteiger partial charge in [-0.1, -0.05) is 6.07 Å². The third-order valence-electron chi connectivity index (χ3n) is 3.90. The summed E-state index contributed by atoms with van der Waals surface area (Å²) in [6.07, 6.45) is 1.72. The van der Waals surface area contributed by atoms with Gasteiger partial charge in [-0.2, -0.15) is 0 Å². The van der Waals surface area contributed by atoms with Crippen LogP contribution in [-0.4, -0.2) is 24.4 Å². The number of hydrogen-bond acceptors (Lipinski definition) is 3. The molecule has 0 aliphatic carbocycles. The molecule has 1 fully saturated rings. The minimum absolute atomic E-state index is 0.0464. The first-order chi connectivity index (χ1) is 9.97. The molecule has 0 aromatic heterocycles. The van der Waals surface area contributed by atoms with E-state index in [9.17, 15) is 9.59 Å². The highest BCUT2D eigenvalue weighted by Gasteiger charge is 2.25. The molecule has 0 spiro atoms. The number of hydrogen-bond donors (Lipinski definition) is 3. The predicted molar refractivity (Wildman–Crippen MR) is 84.3 cm³/mol. The lowest BCUT2D eigenvalue weighted by molar-refractivity contribution is -0.121. The maximum Gasteiger partial charge on any atom is 0.227 e. The number of carbonyl (C=O) groups excluding carboxylic acids is 2. The van der Waals surface area contributed by atoms with Gasteiger partial charge in [-0.3, -0.25) is 9.59 Å². The second-order valence-electron chi connectivity index (χ2n) is 5.73. The van der Waals surface area contributed by atoms with E-state index < -0.39 is 0 Å². The number of piperidine rings is 1. The first-order valence-corrected chi connectivity index (χ1v) is 7.39. The predicted octanol–water partition coefficient (Wildman–Crippen LogP) is 2.28. The Morgan fingerprint density at radius 3 is 2.52 bits per heavy atom. The SMILES string of the molecule is CC(=O)Nc1cccc(NC(=O)[C@H]2CCN[C@@H](C)C2)c1C. The van der Waals surface area contributed by atoms with Crippen LogP contribution in [0.25, 0.3) is 0 Å². The third-order valence-corrected chi connectivity index (χ3v) is 3.90. The van der Waals surface area contributed by atoms with Crippen molar-refractivity contribution in [3.05, 3.63) is 23.8 Å². The minimum atomic E-state index is -0.117. The Labute approximate surface area is 125 Å². The van der Waals surface area contributed by atoms with E-state index in [0.717, 1.165) is 36.3 Å². The summed E-state index contributed by atoms with van der Waals surface area (Å²) in [6.45, 7) is 6.35. The zero-order valence-corrected chi connectivity index (χ0v) is 12.8. The number of benzene rings is 1. The molecule has 1 saturated heterocycles. The number of amides is 2. The van der Waals surface area contributed by atoms with Crippen molar-refractivity contribution in [1.29, 1.82) is 0 Å². The molecular weight excluding hydrogens is 266 g/mol. The number of anilines is 2. The van der Waals surface area contributed by atoms with Gasteiger partial charge in [0.2, 0.25) is 11.8 Å². The van der Waals surface area contributed by atoms with E-state index in [1.807, 2.05) is 25.1 Å². The van der Waals surface area contributed by atoms with Crippen molar-refractivity contribution in [1.82, 2.24) is 5.32 Å². The number of carbonyl (C=O) groups is 2. The Morgan fingerprint density at radius 2 is 1.90 bits per heavy atom. The smallest absolute Gasteiger partial charge is 0.227 e. The lowest BCUT2D eigenvalue weighted by Crippen LogP contribution is -2.40. The fourth-order valence-electron chi connectivity index (χ4n) is 2.70. The first kappa shape index (κ1) is 15.5. The van der Waals surface area contributed by atoms with E-state index in [1.54, 1.807) is 0 Å². The molecule has 1 aliphatic heterocycles. The third kappa shape index (κ3) is 4.04. The fraction of sp³-hybridized carbons (Fsp3) is 0.500. The Kier molecular flexibility index (Phi) is 4.96. The van der Waals surface area contributed by atoms with Crippen LogP contribution in [0.3, 0.4) is 0 Å². The Hall–Kier alpha value is -1.88. The highest BCUT2D eigenvalue weighted by atomic mass is 16.2. The van der Waals surface area contributed by atoms with Crippen LogP contribution >= 0.6 is 0 Å². The van der Waals surface area contributed by atoms with Crippen LogP contribution in [0.5, 0.6) is 0 Å². The van der Waals surface area contributed by atoms with Crippen molar-refractivity contribution in [2.75, 3.05) is 17.2 Å². The summed E-state index contributed by atoms with van der Waals surface area (Å²) >= 11 is 0. The van der Waals surface area contributed by atoms with Crippen LogP contribution in [0.1, 0.15) is 32.3 Å². The molecule has 114 valence electrons. The molecule has 0 radical (unpaired) electrons. The summed E-state index contributed by atoms with van der Waals surface area (Å²) in [6, 6.07) is 5.90. The molecule has 21 heavy (non-hydrogen) atoms. The van der Waals surface area contributed by atoms with Gasteiger partial charge in [-0.25, -0.2) is 0 Å². The quantitative estimate of drug-likeness (QED) is 0.799. The molecule has 1 heterocycles. The number of nitrogens with one attached hydrogen (secondary N) is 3. The second kappa shape index (κ2) is 6.72. The second-order valence-corrected chi connectivity index (χ2v) is 5.73. The highest BCUT2D eigenvalue weighted by Crippen LogP contribution is 2.25. The molecule has 0 bridgehead atoms. The van der Waals surface area contributed by atoms with Gasteiger partial charge in [0.1, 0.15) is 0 Å². The summed E-state index contributed by atoms with van der Waals surface area (Å²) < 4.78 is 0.